The highest BCUT2D eigenvalue weighted by Crippen LogP contribution is 2.19. The van der Waals surface area contributed by atoms with Gasteiger partial charge in [-0.15, -0.1) is 0 Å². The van der Waals surface area contributed by atoms with Crippen molar-refractivity contribution in [1.29, 1.82) is 0 Å². The molecule has 122 valence electrons. The third kappa shape index (κ3) is 7.34. The van der Waals surface area contributed by atoms with Gasteiger partial charge in [-0.25, -0.2) is 0 Å². The standard InChI is InChI=1S/C16H32N4O/c1-5-17-16(19-12-13(2)3)18-9-6-15-7-10-20(11-8-15)14(4)21/h13,15H,5-12H2,1-4H3,(H2,17,18,19). The van der Waals surface area contributed by atoms with Crippen molar-refractivity contribution < 1.29 is 4.79 Å². The van der Waals surface area contributed by atoms with Gasteiger partial charge in [0, 0.05) is 39.6 Å². The Morgan fingerprint density at radius 1 is 1.29 bits per heavy atom. The van der Waals surface area contributed by atoms with Gasteiger partial charge in [0.25, 0.3) is 0 Å². The first kappa shape index (κ1) is 17.8. The number of amides is 1. The van der Waals surface area contributed by atoms with Crippen molar-refractivity contribution in [3.05, 3.63) is 0 Å². The number of rotatable bonds is 6. The number of hydrogen-bond donors (Lipinski definition) is 2. The normalized spacial score (nSPS) is 17.2. The Labute approximate surface area is 129 Å². The number of hydrogen-bond acceptors (Lipinski definition) is 2. The van der Waals surface area contributed by atoms with Crippen LogP contribution in [0.2, 0.25) is 0 Å². The maximum absolute atomic E-state index is 11.3. The molecule has 21 heavy (non-hydrogen) atoms. The Balaban J connectivity index is 2.25. The molecule has 1 saturated heterocycles. The van der Waals surface area contributed by atoms with Crippen molar-refractivity contribution in [2.75, 3.05) is 32.7 Å². The number of likely N-dealkylation sites (tertiary alicyclic amines) is 1. The van der Waals surface area contributed by atoms with Crippen molar-refractivity contribution in [3.63, 3.8) is 0 Å². The van der Waals surface area contributed by atoms with Crippen LogP contribution in [0, 0.1) is 11.8 Å². The number of nitrogens with zero attached hydrogens (tertiary/aromatic N) is 2. The average Bonchev–Trinajstić information content (AvgIpc) is 2.45. The van der Waals surface area contributed by atoms with E-state index in [1.54, 1.807) is 6.92 Å². The van der Waals surface area contributed by atoms with Crippen LogP contribution in [0.4, 0.5) is 0 Å². The lowest BCUT2D eigenvalue weighted by Gasteiger charge is -2.31. The number of piperidine rings is 1. The molecule has 1 aliphatic heterocycles. The van der Waals surface area contributed by atoms with E-state index in [1.165, 1.54) is 0 Å². The molecule has 0 spiro atoms. The molecule has 5 nitrogen and oxygen atoms in total. The lowest BCUT2D eigenvalue weighted by molar-refractivity contribution is -0.130. The summed E-state index contributed by atoms with van der Waals surface area (Å²) in [7, 11) is 0. The fourth-order valence-corrected chi connectivity index (χ4v) is 2.55. The van der Waals surface area contributed by atoms with Crippen LogP contribution < -0.4 is 10.6 Å². The van der Waals surface area contributed by atoms with E-state index in [2.05, 4.69) is 36.4 Å². The first-order valence-corrected chi connectivity index (χ1v) is 8.30. The van der Waals surface area contributed by atoms with Crippen molar-refractivity contribution in [2.45, 2.75) is 47.0 Å². The second kappa shape index (κ2) is 9.64. The molecule has 1 heterocycles. The molecule has 1 aliphatic rings. The predicted octanol–water partition coefficient (Wildman–Crippen LogP) is 1.85. The summed E-state index contributed by atoms with van der Waals surface area (Å²) in [4.78, 5) is 17.8. The van der Waals surface area contributed by atoms with Crippen molar-refractivity contribution >= 4 is 11.9 Å². The zero-order chi connectivity index (χ0) is 15.7. The van der Waals surface area contributed by atoms with E-state index in [0.29, 0.717) is 5.92 Å². The second-order valence-electron chi connectivity index (χ2n) is 6.28. The quantitative estimate of drug-likeness (QED) is 0.581. The minimum Gasteiger partial charge on any atom is -0.357 e. The lowest BCUT2D eigenvalue weighted by atomic mass is 9.93. The largest absolute Gasteiger partial charge is 0.357 e. The highest BCUT2D eigenvalue weighted by molar-refractivity contribution is 5.79. The van der Waals surface area contributed by atoms with E-state index in [4.69, 9.17) is 0 Å². The van der Waals surface area contributed by atoms with Gasteiger partial charge in [0.1, 0.15) is 0 Å². The summed E-state index contributed by atoms with van der Waals surface area (Å²) in [5.41, 5.74) is 0. The zero-order valence-electron chi connectivity index (χ0n) is 14.1. The number of aliphatic imine (C=N–C) groups is 1. The van der Waals surface area contributed by atoms with Crippen molar-refractivity contribution in [1.82, 2.24) is 15.5 Å². The molecule has 0 aromatic heterocycles. The third-order valence-corrected chi connectivity index (χ3v) is 3.86. The molecule has 0 aromatic rings. The Morgan fingerprint density at radius 3 is 2.48 bits per heavy atom. The summed E-state index contributed by atoms with van der Waals surface area (Å²) >= 11 is 0. The van der Waals surface area contributed by atoms with Crippen LogP contribution in [0.5, 0.6) is 0 Å². The van der Waals surface area contributed by atoms with Gasteiger partial charge in [0.2, 0.25) is 5.91 Å². The molecule has 1 fully saturated rings. The molecule has 2 N–H and O–H groups in total. The predicted molar refractivity (Wildman–Crippen MR) is 88.4 cm³/mol. The lowest BCUT2D eigenvalue weighted by Crippen LogP contribution is -2.40. The summed E-state index contributed by atoms with van der Waals surface area (Å²) in [5.74, 6) is 2.44. The Bertz CT molecular complexity index is 333. The van der Waals surface area contributed by atoms with Crippen LogP contribution in [0.1, 0.15) is 47.0 Å². The van der Waals surface area contributed by atoms with Crippen LogP contribution in [0.3, 0.4) is 0 Å². The summed E-state index contributed by atoms with van der Waals surface area (Å²) in [6.07, 6.45) is 3.40. The van der Waals surface area contributed by atoms with Crippen LogP contribution >= 0.6 is 0 Å². The summed E-state index contributed by atoms with van der Waals surface area (Å²) in [6.45, 7) is 12.6. The third-order valence-electron chi connectivity index (χ3n) is 3.86. The van der Waals surface area contributed by atoms with Crippen molar-refractivity contribution in [2.24, 2.45) is 16.8 Å². The summed E-state index contributed by atoms with van der Waals surface area (Å²) in [5, 5.41) is 6.70. The molecule has 0 atom stereocenters. The first-order valence-electron chi connectivity index (χ1n) is 8.30. The zero-order valence-corrected chi connectivity index (χ0v) is 14.1. The van der Waals surface area contributed by atoms with Gasteiger partial charge in [-0.2, -0.15) is 0 Å². The van der Waals surface area contributed by atoms with Crippen LogP contribution in [0.15, 0.2) is 4.99 Å². The van der Waals surface area contributed by atoms with E-state index in [0.717, 1.165) is 63.9 Å². The number of guanidine groups is 1. The van der Waals surface area contributed by atoms with Gasteiger partial charge in [-0.3, -0.25) is 9.79 Å². The Hall–Kier alpha value is -1.26. The second-order valence-corrected chi connectivity index (χ2v) is 6.28. The van der Waals surface area contributed by atoms with Gasteiger partial charge in [-0.1, -0.05) is 13.8 Å². The molecule has 5 heteroatoms. The molecule has 0 radical (unpaired) electrons. The topological polar surface area (TPSA) is 56.7 Å². The van der Waals surface area contributed by atoms with E-state index in [-0.39, 0.29) is 5.91 Å². The fourth-order valence-electron chi connectivity index (χ4n) is 2.55. The van der Waals surface area contributed by atoms with Gasteiger partial charge < -0.3 is 15.5 Å². The van der Waals surface area contributed by atoms with Crippen LogP contribution in [-0.2, 0) is 4.79 Å². The highest BCUT2D eigenvalue weighted by Gasteiger charge is 2.20. The molecule has 0 unspecified atom stereocenters. The maximum atomic E-state index is 11.3. The maximum Gasteiger partial charge on any atom is 0.219 e. The first-order chi connectivity index (χ1) is 10.0. The van der Waals surface area contributed by atoms with E-state index >= 15 is 0 Å². The van der Waals surface area contributed by atoms with Crippen molar-refractivity contribution in [3.8, 4) is 0 Å². The van der Waals surface area contributed by atoms with E-state index in [1.807, 2.05) is 4.90 Å². The number of nitrogens with one attached hydrogen (secondary N) is 2. The SMILES string of the molecule is CCNC(=NCC(C)C)NCCC1CCN(C(C)=O)CC1. The molecule has 1 rings (SSSR count). The molecule has 0 bridgehead atoms. The smallest absolute Gasteiger partial charge is 0.219 e. The molecular weight excluding hydrogens is 264 g/mol. The number of carbonyl (C=O) groups is 1. The summed E-state index contributed by atoms with van der Waals surface area (Å²) in [6, 6.07) is 0. The van der Waals surface area contributed by atoms with Crippen LogP contribution in [0.25, 0.3) is 0 Å². The molecule has 0 aromatic carbocycles. The number of carbonyl (C=O) groups excluding carboxylic acids is 1. The van der Waals surface area contributed by atoms with Gasteiger partial charge in [0.05, 0.1) is 0 Å². The minimum atomic E-state index is 0.210. The molecule has 1 amide bonds. The molecular formula is C16H32N4O. The Morgan fingerprint density at radius 2 is 1.95 bits per heavy atom. The fraction of sp³-hybridized carbons (Fsp3) is 0.875. The van der Waals surface area contributed by atoms with E-state index in [9.17, 15) is 4.79 Å². The Kier molecular flexibility index (Phi) is 8.16. The van der Waals surface area contributed by atoms with E-state index < -0.39 is 0 Å². The molecule has 0 saturated carbocycles. The van der Waals surface area contributed by atoms with Gasteiger partial charge >= 0.3 is 0 Å². The van der Waals surface area contributed by atoms with Gasteiger partial charge in [0.15, 0.2) is 5.96 Å². The van der Waals surface area contributed by atoms with Gasteiger partial charge in [-0.05, 0) is 38.0 Å². The minimum absolute atomic E-state index is 0.210. The highest BCUT2D eigenvalue weighted by atomic mass is 16.2. The molecule has 0 aliphatic carbocycles. The summed E-state index contributed by atoms with van der Waals surface area (Å²) < 4.78 is 0. The monoisotopic (exact) mass is 296 g/mol. The average molecular weight is 296 g/mol. The van der Waals surface area contributed by atoms with Crippen LogP contribution in [-0.4, -0.2) is 49.5 Å².